The number of amides is 1. The van der Waals surface area contributed by atoms with Crippen LogP contribution in [-0.2, 0) is 4.79 Å². The van der Waals surface area contributed by atoms with Crippen LogP contribution in [0.15, 0.2) is 24.5 Å². The van der Waals surface area contributed by atoms with Gasteiger partial charge in [0, 0.05) is 13.0 Å². The molecule has 0 aliphatic carbocycles. The van der Waals surface area contributed by atoms with Gasteiger partial charge in [0.25, 0.3) is 0 Å². The first-order valence-electron chi connectivity index (χ1n) is 5.68. The predicted octanol–water partition coefficient (Wildman–Crippen LogP) is 0.864. The molecule has 2 N–H and O–H groups in total. The third-order valence-corrected chi connectivity index (χ3v) is 2.77. The number of nitrogens with zero attached hydrogens (tertiary/aromatic N) is 4. The average molecular weight is 281 g/mol. The molecule has 0 aliphatic heterocycles. The normalized spacial score (nSPS) is 10.4. The molecule has 1 heterocycles. The van der Waals surface area contributed by atoms with Gasteiger partial charge in [-0.3, -0.25) is 4.79 Å². The van der Waals surface area contributed by atoms with Crippen molar-refractivity contribution in [3.8, 4) is 5.69 Å². The van der Waals surface area contributed by atoms with Gasteiger partial charge in [-0.1, -0.05) is 11.6 Å². The molecule has 0 saturated heterocycles. The van der Waals surface area contributed by atoms with Crippen LogP contribution in [0.3, 0.4) is 0 Å². The largest absolute Gasteiger partial charge is 0.325 e. The fraction of sp³-hybridized carbons (Fsp3) is 0.273. The Morgan fingerprint density at radius 1 is 1.47 bits per heavy atom. The number of halogens is 1. The van der Waals surface area contributed by atoms with E-state index in [1.807, 2.05) is 0 Å². The smallest absolute Gasteiger partial charge is 0.225 e. The van der Waals surface area contributed by atoms with Crippen molar-refractivity contribution < 1.29 is 4.79 Å². The molecule has 0 unspecified atom stereocenters. The van der Waals surface area contributed by atoms with Crippen molar-refractivity contribution in [3.05, 3.63) is 29.5 Å². The molecular weight excluding hydrogens is 268 g/mol. The van der Waals surface area contributed by atoms with Crippen molar-refractivity contribution in [2.75, 3.05) is 18.9 Å². The molecule has 0 fully saturated rings. The van der Waals surface area contributed by atoms with Crippen molar-refractivity contribution in [2.45, 2.75) is 6.42 Å². The maximum Gasteiger partial charge on any atom is 0.225 e. The third kappa shape index (κ3) is 3.49. The van der Waals surface area contributed by atoms with E-state index in [2.05, 4.69) is 26.2 Å². The molecule has 7 nitrogen and oxygen atoms in total. The average Bonchev–Trinajstić information content (AvgIpc) is 2.93. The number of nitrogens with one attached hydrogen (secondary N) is 2. The Bertz CT molecular complexity index is 556. The molecule has 1 amide bonds. The summed E-state index contributed by atoms with van der Waals surface area (Å²) in [7, 11) is 1.79. The second-order valence-corrected chi connectivity index (χ2v) is 4.23. The van der Waals surface area contributed by atoms with Crippen molar-refractivity contribution in [2.24, 2.45) is 0 Å². The Morgan fingerprint density at radius 3 is 3.00 bits per heavy atom. The fourth-order valence-corrected chi connectivity index (χ4v) is 1.65. The Morgan fingerprint density at radius 2 is 2.32 bits per heavy atom. The van der Waals surface area contributed by atoms with Crippen molar-refractivity contribution >= 4 is 23.2 Å². The zero-order chi connectivity index (χ0) is 13.7. The van der Waals surface area contributed by atoms with Gasteiger partial charge < -0.3 is 10.6 Å². The lowest BCUT2D eigenvalue weighted by molar-refractivity contribution is -0.116. The molecule has 0 radical (unpaired) electrons. The van der Waals surface area contributed by atoms with Gasteiger partial charge in [-0.25, -0.2) is 4.68 Å². The summed E-state index contributed by atoms with van der Waals surface area (Å²) in [6.07, 6.45) is 1.85. The van der Waals surface area contributed by atoms with Crippen LogP contribution in [0.2, 0.25) is 5.02 Å². The van der Waals surface area contributed by atoms with Gasteiger partial charge in [0.1, 0.15) is 6.33 Å². The second kappa shape index (κ2) is 6.26. The summed E-state index contributed by atoms with van der Waals surface area (Å²) in [4.78, 5) is 11.7. The molecule has 19 heavy (non-hydrogen) atoms. The van der Waals surface area contributed by atoms with E-state index in [0.29, 0.717) is 23.7 Å². The van der Waals surface area contributed by atoms with Crippen LogP contribution in [-0.4, -0.2) is 39.7 Å². The highest BCUT2D eigenvalue weighted by Crippen LogP contribution is 2.24. The molecule has 8 heteroatoms. The summed E-state index contributed by atoms with van der Waals surface area (Å²) in [6.45, 7) is 0.607. The molecule has 0 atom stereocenters. The third-order valence-electron chi connectivity index (χ3n) is 2.44. The SMILES string of the molecule is CNCCC(=O)Nc1cc(-n2cnnn2)ccc1Cl. The topological polar surface area (TPSA) is 84.7 Å². The van der Waals surface area contributed by atoms with E-state index in [0.717, 1.165) is 5.69 Å². The fourth-order valence-electron chi connectivity index (χ4n) is 1.48. The predicted molar refractivity (Wildman–Crippen MR) is 71.3 cm³/mol. The van der Waals surface area contributed by atoms with E-state index >= 15 is 0 Å². The summed E-state index contributed by atoms with van der Waals surface area (Å²) >= 11 is 6.04. The first-order valence-corrected chi connectivity index (χ1v) is 6.06. The summed E-state index contributed by atoms with van der Waals surface area (Å²) in [5.74, 6) is -0.106. The van der Waals surface area contributed by atoms with Gasteiger partial charge in [0.05, 0.1) is 16.4 Å². The van der Waals surface area contributed by atoms with Gasteiger partial charge in [-0.2, -0.15) is 0 Å². The van der Waals surface area contributed by atoms with Crippen molar-refractivity contribution in [3.63, 3.8) is 0 Å². The van der Waals surface area contributed by atoms with E-state index < -0.39 is 0 Å². The van der Waals surface area contributed by atoms with Crippen molar-refractivity contribution in [1.29, 1.82) is 0 Å². The van der Waals surface area contributed by atoms with E-state index in [1.54, 1.807) is 25.2 Å². The van der Waals surface area contributed by atoms with Crippen LogP contribution in [0.25, 0.3) is 5.69 Å². The molecule has 0 bridgehead atoms. The number of hydrogen-bond donors (Lipinski definition) is 2. The Labute approximate surface area is 114 Å². The van der Waals surface area contributed by atoms with E-state index in [-0.39, 0.29) is 5.91 Å². The Hall–Kier alpha value is -1.99. The Kier molecular flexibility index (Phi) is 4.43. The van der Waals surface area contributed by atoms with Crippen LogP contribution in [0, 0.1) is 0 Å². The van der Waals surface area contributed by atoms with E-state index in [9.17, 15) is 4.79 Å². The minimum atomic E-state index is -0.106. The lowest BCUT2D eigenvalue weighted by atomic mass is 10.2. The number of hydrogen-bond acceptors (Lipinski definition) is 5. The number of tetrazole rings is 1. The van der Waals surface area contributed by atoms with Gasteiger partial charge in [0.15, 0.2) is 0 Å². The molecule has 0 aliphatic rings. The van der Waals surface area contributed by atoms with Crippen LogP contribution in [0.1, 0.15) is 6.42 Å². The highest BCUT2D eigenvalue weighted by Gasteiger charge is 2.08. The number of rotatable bonds is 5. The molecule has 0 saturated carbocycles. The second-order valence-electron chi connectivity index (χ2n) is 3.82. The molecule has 2 rings (SSSR count). The number of benzene rings is 1. The molecule has 0 spiro atoms. The molecule has 2 aromatic rings. The van der Waals surface area contributed by atoms with Crippen LogP contribution in [0.4, 0.5) is 5.69 Å². The maximum absolute atomic E-state index is 11.7. The quantitative estimate of drug-likeness (QED) is 0.849. The number of carbonyl (C=O) groups excluding carboxylic acids is 1. The summed E-state index contributed by atoms with van der Waals surface area (Å²) in [6, 6.07) is 5.17. The van der Waals surface area contributed by atoms with E-state index in [1.165, 1.54) is 11.0 Å². The monoisotopic (exact) mass is 280 g/mol. The van der Waals surface area contributed by atoms with Gasteiger partial charge >= 0.3 is 0 Å². The van der Waals surface area contributed by atoms with Crippen molar-refractivity contribution in [1.82, 2.24) is 25.5 Å². The van der Waals surface area contributed by atoms with Crippen LogP contribution < -0.4 is 10.6 Å². The Balaban J connectivity index is 2.16. The highest BCUT2D eigenvalue weighted by molar-refractivity contribution is 6.33. The molecule has 1 aromatic carbocycles. The number of carbonyl (C=O) groups is 1. The standard InChI is InChI=1S/C11H13ClN6O/c1-13-5-4-11(19)15-10-6-8(2-3-9(10)12)18-7-14-16-17-18/h2-3,6-7,13H,4-5H2,1H3,(H,15,19). The summed E-state index contributed by atoms with van der Waals surface area (Å²) in [5, 5.41) is 17.0. The lowest BCUT2D eigenvalue weighted by Crippen LogP contribution is -2.19. The van der Waals surface area contributed by atoms with Gasteiger partial charge in [-0.15, -0.1) is 5.10 Å². The zero-order valence-electron chi connectivity index (χ0n) is 10.3. The van der Waals surface area contributed by atoms with Gasteiger partial charge in [-0.05, 0) is 35.7 Å². The summed E-state index contributed by atoms with van der Waals surface area (Å²) in [5.41, 5.74) is 1.26. The first-order chi connectivity index (χ1) is 9.20. The van der Waals surface area contributed by atoms with Crippen LogP contribution >= 0.6 is 11.6 Å². The molecule has 100 valence electrons. The zero-order valence-corrected chi connectivity index (χ0v) is 11.1. The minimum Gasteiger partial charge on any atom is -0.325 e. The highest BCUT2D eigenvalue weighted by atomic mass is 35.5. The summed E-state index contributed by atoms with van der Waals surface area (Å²) < 4.78 is 1.49. The first kappa shape index (κ1) is 13.4. The van der Waals surface area contributed by atoms with Crippen LogP contribution in [0.5, 0.6) is 0 Å². The number of anilines is 1. The maximum atomic E-state index is 11.7. The number of aromatic nitrogens is 4. The molecule has 1 aromatic heterocycles. The molecular formula is C11H13ClN6O. The lowest BCUT2D eigenvalue weighted by Gasteiger charge is -2.09. The minimum absolute atomic E-state index is 0.106. The van der Waals surface area contributed by atoms with Gasteiger partial charge in [0.2, 0.25) is 5.91 Å². The van der Waals surface area contributed by atoms with E-state index in [4.69, 9.17) is 11.6 Å².